The smallest absolute Gasteiger partial charge is 0.123 e. The number of rotatable bonds is 1. The molecular formula is C10H12N2S. The van der Waals surface area contributed by atoms with Gasteiger partial charge in [-0.2, -0.15) is 0 Å². The Morgan fingerprint density at radius 3 is 2.92 bits per heavy atom. The third kappa shape index (κ3) is 2.04. The van der Waals surface area contributed by atoms with Gasteiger partial charge < -0.3 is 5.73 Å². The van der Waals surface area contributed by atoms with Gasteiger partial charge in [-0.25, -0.2) is 4.98 Å². The number of nitrogen functional groups attached to an aromatic ring is 1. The highest BCUT2D eigenvalue weighted by molar-refractivity contribution is 7.99. The Morgan fingerprint density at radius 2 is 2.31 bits per heavy atom. The predicted octanol–water partition coefficient (Wildman–Crippen LogP) is 2.40. The van der Waals surface area contributed by atoms with E-state index < -0.39 is 0 Å². The fraction of sp³-hybridized carbons (Fsp3) is 0.300. The highest BCUT2D eigenvalue weighted by Gasteiger charge is 2.12. The molecule has 1 unspecified atom stereocenters. The number of nitrogens with zero attached hydrogens (tertiary/aromatic N) is 1. The van der Waals surface area contributed by atoms with Crippen LogP contribution in [0.2, 0.25) is 0 Å². The summed E-state index contributed by atoms with van der Waals surface area (Å²) in [6.45, 7) is 0. The van der Waals surface area contributed by atoms with Gasteiger partial charge >= 0.3 is 0 Å². The quantitative estimate of drug-likeness (QED) is 0.694. The molecule has 3 heteroatoms. The molecule has 1 aromatic heterocycles. The topological polar surface area (TPSA) is 38.9 Å². The average Bonchev–Trinajstić information content (AvgIpc) is 2.20. The van der Waals surface area contributed by atoms with Crippen molar-refractivity contribution in [3.8, 4) is 0 Å². The molecule has 1 aliphatic rings. The first-order valence-corrected chi connectivity index (χ1v) is 5.39. The lowest BCUT2D eigenvalue weighted by Crippen LogP contribution is -1.99. The fourth-order valence-corrected chi connectivity index (χ4v) is 2.43. The van der Waals surface area contributed by atoms with Gasteiger partial charge in [0.2, 0.25) is 0 Å². The largest absolute Gasteiger partial charge is 0.384 e. The lowest BCUT2D eigenvalue weighted by molar-refractivity contribution is 0.948. The monoisotopic (exact) mass is 192 g/mol. The van der Waals surface area contributed by atoms with Crippen molar-refractivity contribution in [3.63, 3.8) is 0 Å². The molecule has 1 atom stereocenters. The molecule has 0 fully saturated rings. The van der Waals surface area contributed by atoms with Crippen molar-refractivity contribution < 1.29 is 0 Å². The molecule has 0 amide bonds. The van der Waals surface area contributed by atoms with E-state index in [-0.39, 0.29) is 0 Å². The molecule has 2 rings (SSSR count). The van der Waals surface area contributed by atoms with E-state index in [9.17, 15) is 0 Å². The molecule has 0 spiro atoms. The molecule has 0 saturated carbocycles. The minimum atomic E-state index is 0.568. The van der Waals surface area contributed by atoms with E-state index in [1.807, 2.05) is 24.0 Å². The molecule has 13 heavy (non-hydrogen) atoms. The van der Waals surface area contributed by atoms with Crippen LogP contribution in [0.1, 0.15) is 17.2 Å². The van der Waals surface area contributed by atoms with Crippen molar-refractivity contribution in [1.82, 2.24) is 4.98 Å². The van der Waals surface area contributed by atoms with Crippen molar-refractivity contribution in [3.05, 3.63) is 36.0 Å². The summed E-state index contributed by atoms with van der Waals surface area (Å²) in [7, 11) is 0. The molecule has 0 aliphatic carbocycles. The Labute approximate surface area is 82.2 Å². The van der Waals surface area contributed by atoms with Crippen LogP contribution in [0, 0.1) is 0 Å². The maximum atomic E-state index is 5.52. The minimum Gasteiger partial charge on any atom is -0.384 e. The van der Waals surface area contributed by atoms with Crippen LogP contribution >= 0.6 is 11.8 Å². The molecular weight excluding hydrogens is 180 g/mol. The van der Waals surface area contributed by atoms with Gasteiger partial charge in [0.05, 0.1) is 0 Å². The van der Waals surface area contributed by atoms with Gasteiger partial charge in [-0.15, -0.1) is 11.8 Å². The number of nitrogens with two attached hydrogens (primary N) is 1. The number of allylic oxidation sites excluding steroid dienone is 1. The number of pyridine rings is 1. The minimum absolute atomic E-state index is 0.568. The lowest BCUT2D eigenvalue weighted by atomic mass is 10.1. The molecule has 1 aliphatic heterocycles. The molecule has 68 valence electrons. The number of thioether (sulfide) groups is 1. The molecule has 2 N–H and O–H groups in total. The van der Waals surface area contributed by atoms with E-state index in [1.54, 1.807) is 0 Å². The molecule has 2 heterocycles. The Balaban J connectivity index is 2.15. The highest BCUT2D eigenvalue weighted by Crippen LogP contribution is 2.34. The van der Waals surface area contributed by atoms with Crippen LogP contribution < -0.4 is 5.73 Å². The summed E-state index contributed by atoms with van der Waals surface area (Å²) in [5, 5.41) is 0.568. The van der Waals surface area contributed by atoms with Crippen LogP contribution in [0.25, 0.3) is 0 Å². The molecule has 0 saturated heterocycles. The van der Waals surface area contributed by atoms with Crippen LogP contribution in [0.15, 0.2) is 30.5 Å². The van der Waals surface area contributed by atoms with E-state index in [2.05, 4.69) is 23.2 Å². The van der Waals surface area contributed by atoms with Gasteiger partial charge in [0, 0.05) is 17.2 Å². The summed E-state index contributed by atoms with van der Waals surface area (Å²) < 4.78 is 0. The second-order valence-corrected chi connectivity index (χ2v) is 4.28. The van der Waals surface area contributed by atoms with Gasteiger partial charge in [0.15, 0.2) is 0 Å². The Kier molecular flexibility index (Phi) is 2.54. The van der Waals surface area contributed by atoms with E-state index in [0.717, 1.165) is 12.2 Å². The molecule has 0 aromatic carbocycles. The zero-order valence-electron chi connectivity index (χ0n) is 7.31. The van der Waals surface area contributed by atoms with Crippen LogP contribution in [-0.2, 0) is 0 Å². The van der Waals surface area contributed by atoms with Crippen molar-refractivity contribution in [2.45, 2.75) is 11.7 Å². The summed E-state index contributed by atoms with van der Waals surface area (Å²) in [6, 6.07) is 3.94. The standard InChI is InChI=1S/C10H12N2S/c11-10-5-4-8(7-12-10)9-3-1-2-6-13-9/h1-2,4-5,7,9H,3,6H2,(H2,11,12). The molecule has 1 aromatic rings. The maximum absolute atomic E-state index is 5.52. The summed E-state index contributed by atoms with van der Waals surface area (Å²) in [6.07, 6.45) is 7.44. The average molecular weight is 192 g/mol. The van der Waals surface area contributed by atoms with Crippen LogP contribution in [0.3, 0.4) is 0 Å². The first kappa shape index (κ1) is 8.63. The van der Waals surface area contributed by atoms with Crippen LogP contribution in [-0.4, -0.2) is 10.7 Å². The van der Waals surface area contributed by atoms with E-state index in [4.69, 9.17) is 5.73 Å². The number of aromatic nitrogens is 1. The van der Waals surface area contributed by atoms with Gasteiger partial charge in [-0.3, -0.25) is 0 Å². The summed E-state index contributed by atoms with van der Waals surface area (Å²) in [5.41, 5.74) is 6.81. The SMILES string of the molecule is Nc1ccc(C2CC=CCS2)cn1. The third-order valence-electron chi connectivity index (χ3n) is 2.09. The van der Waals surface area contributed by atoms with E-state index >= 15 is 0 Å². The number of hydrogen-bond donors (Lipinski definition) is 1. The van der Waals surface area contributed by atoms with Gasteiger partial charge in [0.25, 0.3) is 0 Å². The summed E-state index contributed by atoms with van der Waals surface area (Å²) in [5.74, 6) is 1.70. The van der Waals surface area contributed by atoms with Crippen molar-refractivity contribution in [2.24, 2.45) is 0 Å². The molecule has 0 bridgehead atoms. The van der Waals surface area contributed by atoms with E-state index in [1.165, 1.54) is 5.56 Å². The number of hydrogen-bond acceptors (Lipinski definition) is 3. The molecule has 2 nitrogen and oxygen atoms in total. The van der Waals surface area contributed by atoms with Gasteiger partial charge in [0.1, 0.15) is 5.82 Å². The Morgan fingerprint density at radius 1 is 1.38 bits per heavy atom. The first-order valence-electron chi connectivity index (χ1n) is 4.34. The fourth-order valence-electron chi connectivity index (χ4n) is 1.37. The molecule has 0 radical (unpaired) electrons. The van der Waals surface area contributed by atoms with Crippen molar-refractivity contribution >= 4 is 17.6 Å². The number of anilines is 1. The van der Waals surface area contributed by atoms with Crippen molar-refractivity contribution in [1.29, 1.82) is 0 Å². The summed E-state index contributed by atoms with van der Waals surface area (Å²) >= 11 is 1.95. The Hall–Kier alpha value is -0.960. The highest BCUT2D eigenvalue weighted by atomic mass is 32.2. The zero-order chi connectivity index (χ0) is 9.10. The van der Waals surface area contributed by atoms with E-state index in [0.29, 0.717) is 11.1 Å². The summed E-state index contributed by atoms with van der Waals surface area (Å²) in [4.78, 5) is 4.09. The van der Waals surface area contributed by atoms with Gasteiger partial charge in [-0.1, -0.05) is 18.2 Å². The second-order valence-electron chi connectivity index (χ2n) is 3.05. The maximum Gasteiger partial charge on any atom is 0.123 e. The van der Waals surface area contributed by atoms with Gasteiger partial charge in [-0.05, 0) is 18.1 Å². The lowest BCUT2D eigenvalue weighted by Gasteiger charge is -2.17. The normalized spacial score (nSPS) is 21.7. The van der Waals surface area contributed by atoms with Crippen molar-refractivity contribution in [2.75, 3.05) is 11.5 Å². The zero-order valence-corrected chi connectivity index (χ0v) is 8.13. The van der Waals surface area contributed by atoms with Crippen LogP contribution in [0.5, 0.6) is 0 Å². The third-order valence-corrected chi connectivity index (χ3v) is 3.34. The van der Waals surface area contributed by atoms with Crippen LogP contribution in [0.4, 0.5) is 5.82 Å². The first-order chi connectivity index (χ1) is 6.36. The second kappa shape index (κ2) is 3.83. The Bertz CT molecular complexity index is 305. The predicted molar refractivity (Wildman–Crippen MR) is 57.6 cm³/mol.